The first-order valence-corrected chi connectivity index (χ1v) is 19.8. The quantitative estimate of drug-likeness (QED) is 0.163. The molecule has 0 saturated carbocycles. The lowest BCUT2D eigenvalue weighted by Crippen LogP contribution is -2.18. The summed E-state index contributed by atoms with van der Waals surface area (Å²) < 4.78 is 3.96. The number of thiophene rings is 1. The predicted octanol–water partition coefficient (Wildman–Crippen LogP) is 8.73. The average molecular weight is 641 g/mol. The van der Waals surface area contributed by atoms with E-state index in [0.29, 0.717) is 41.3 Å². The fourth-order valence-corrected chi connectivity index (χ4v) is 16.5. The highest BCUT2D eigenvalue weighted by molar-refractivity contribution is 8.23. The number of rotatable bonds is 12. The van der Waals surface area contributed by atoms with Crippen molar-refractivity contribution in [3.63, 3.8) is 0 Å². The molecule has 1 aromatic rings. The SMILES string of the molecule is C=C(C)C(=O)SC(C)C1CSC(CSc2ccc(SCC3SCC(C(C)SC(=O)C(=C)C)S3)s2)S1. The van der Waals surface area contributed by atoms with Gasteiger partial charge in [-0.15, -0.1) is 81.9 Å². The topological polar surface area (TPSA) is 34.1 Å². The number of thioether (sulfide) groups is 8. The third-order valence-corrected chi connectivity index (χ3v) is 19.5. The molecular weight excluding hydrogens is 609 g/mol. The van der Waals surface area contributed by atoms with Gasteiger partial charge in [-0.05, 0) is 37.1 Å². The molecule has 2 fully saturated rings. The van der Waals surface area contributed by atoms with E-state index in [0.717, 1.165) is 23.0 Å². The maximum atomic E-state index is 12.0. The van der Waals surface area contributed by atoms with Gasteiger partial charge in [-0.1, -0.05) is 50.5 Å². The van der Waals surface area contributed by atoms with Crippen molar-refractivity contribution in [1.82, 2.24) is 0 Å². The van der Waals surface area contributed by atoms with Gasteiger partial charge in [0.05, 0.1) is 17.6 Å². The Bertz CT molecular complexity index is 844. The molecule has 35 heavy (non-hydrogen) atoms. The van der Waals surface area contributed by atoms with Crippen LogP contribution in [0.15, 0.2) is 44.9 Å². The second-order valence-electron chi connectivity index (χ2n) is 8.35. The van der Waals surface area contributed by atoms with E-state index < -0.39 is 0 Å². The van der Waals surface area contributed by atoms with Crippen molar-refractivity contribution >= 4 is 116 Å². The van der Waals surface area contributed by atoms with Gasteiger partial charge in [-0.3, -0.25) is 9.59 Å². The van der Waals surface area contributed by atoms with Crippen molar-refractivity contribution in [1.29, 1.82) is 0 Å². The summed E-state index contributed by atoms with van der Waals surface area (Å²) in [5.74, 6) is 4.46. The monoisotopic (exact) mass is 640 g/mol. The Balaban J connectivity index is 1.35. The minimum atomic E-state index is 0.126. The van der Waals surface area contributed by atoms with E-state index in [1.165, 1.54) is 31.9 Å². The van der Waals surface area contributed by atoms with E-state index in [4.69, 9.17) is 0 Å². The number of hydrogen-bond donors (Lipinski definition) is 0. The van der Waals surface area contributed by atoms with Crippen molar-refractivity contribution in [2.45, 2.75) is 66.3 Å². The van der Waals surface area contributed by atoms with Crippen LogP contribution in [0.4, 0.5) is 0 Å². The van der Waals surface area contributed by atoms with E-state index in [-0.39, 0.29) is 10.2 Å². The smallest absolute Gasteiger partial charge is 0.214 e. The highest BCUT2D eigenvalue weighted by Gasteiger charge is 2.33. The molecule has 2 saturated heterocycles. The number of hydrogen-bond acceptors (Lipinski definition) is 11. The van der Waals surface area contributed by atoms with Crippen LogP contribution in [-0.4, -0.2) is 63.4 Å². The van der Waals surface area contributed by atoms with Gasteiger partial charge in [-0.25, -0.2) is 0 Å². The molecule has 2 aliphatic heterocycles. The van der Waals surface area contributed by atoms with Crippen LogP contribution in [0.1, 0.15) is 27.7 Å². The molecule has 0 aromatic carbocycles. The first-order valence-electron chi connectivity index (χ1n) is 11.2. The Kier molecular flexibility index (Phi) is 13.4. The van der Waals surface area contributed by atoms with Crippen molar-refractivity contribution in [3.05, 3.63) is 36.4 Å². The molecule has 3 heterocycles. The number of carbonyl (C=O) groups excluding carboxylic acids is 2. The zero-order chi connectivity index (χ0) is 25.5. The molecule has 0 bridgehead atoms. The van der Waals surface area contributed by atoms with Gasteiger partial charge in [0.1, 0.15) is 0 Å². The highest BCUT2D eigenvalue weighted by Crippen LogP contribution is 2.47. The van der Waals surface area contributed by atoms with Gasteiger partial charge in [0, 0.05) is 44.0 Å². The normalized spacial score (nSPS) is 25.9. The van der Waals surface area contributed by atoms with Gasteiger partial charge in [0.15, 0.2) is 0 Å². The Morgan fingerprint density at radius 3 is 1.63 bits per heavy atom. The van der Waals surface area contributed by atoms with Crippen LogP contribution in [0.2, 0.25) is 0 Å². The summed E-state index contributed by atoms with van der Waals surface area (Å²) in [5.41, 5.74) is 1.29. The van der Waals surface area contributed by atoms with Crippen molar-refractivity contribution < 1.29 is 9.59 Å². The lowest BCUT2D eigenvalue weighted by Gasteiger charge is -2.17. The van der Waals surface area contributed by atoms with E-state index in [9.17, 15) is 9.59 Å². The van der Waals surface area contributed by atoms with Crippen LogP contribution < -0.4 is 0 Å². The molecule has 11 heteroatoms. The largest absolute Gasteiger partial charge is 0.282 e. The van der Waals surface area contributed by atoms with Crippen LogP contribution in [-0.2, 0) is 9.59 Å². The molecule has 0 radical (unpaired) electrons. The molecule has 6 unspecified atom stereocenters. The lowest BCUT2D eigenvalue weighted by atomic mass is 10.4. The molecule has 2 nitrogen and oxygen atoms in total. The van der Waals surface area contributed by atoms with E-state index in [2.05, 4.69) is 39.1 Å². The van der Waals surface area contributed by atoms with Gasteiger partial charge in [-0.2, -0.15) is 0 Å². The van der Waals surface area contributed by atoms with Gasteiger partial charge >= 0.3 is 0 Å². The minimum Gasteiger partial charge on any atom is -0.282 e. The van der Waals surface area contributed by atoms with Crippen LogP contribution >= 0.6 is 105 Å². The summed E-state index contributed by atoms with van der Waals surface area (Å²) in [6, 6.07) is 4.53. The summed E-state index contributed by atoms with van der Waals surface area (Å²) in [5, 5.41) is 1.96. The Hall–Kier alpha value is 1.32. The standard InChI is InChI=1S/C24H32O2S9/c1-13(2)23(25)31-15(5)17-9-27-21(33-17)11-29-19-7-8-20(35-19)30-12-22-28-10-18(34-22)16(6)32-24(26)14(3)4/h7-8,15-18,21-22H,1,3,9-12H2,2,4-6H3. The molecule has 194 valence electrons. The van der Waals surface area contributed by atoms with E-state index in [1.807, 2.05) is 81.9 Å². The molecule has 3 rings (SSSR count). The second kappa shape index (κ2) is 15.2. The maximum absolute atomic E-state index is 12.0. The van der Waals surface area contributed by atoms with E-state index >= 15 is 0 Å². The highest BCUT2D eigenvalue weighted by atomic mass is 32.2. The average Bonchev–Trinajstić information content (AvgIpc) is 3.56. The van der Waals surface area contributed by atoms with Gasteiger partial charge < -0.3 is 0 Å². The molecule has 0 N–H and O–H groups in total. The minimum absolute atomic E-state index is 0.126. The fourth-order valence-electron chi connectivity index (χ4n) is 3.07. The molecule has 6 atom stereocenters. The molecule has 1 aromatic heterocycles. The molecule has 2 aliphatic rings. The Morgan fingerprint density at radius 1 is 0.857 bits per heavy atom. The second-order valence-corrected chi connectivity index (χ2v) is 20.7. The van der Waals surface area contributed by atoms with Crippen LogP contribution in [0.3, 0.4) is 0 Å². The summed E-state index contributed by atoms with van der Waals surface area (Å²) in [6.07, 6.45) is 0. The molecule has 0 spiro atoms. The van der Waals surface area contributed by atoms with Gasteiger partial charge in [0.2, 0.25) is 10.2 Å². The fraction of sp³-hybridized carbons (Fsp3) is 0.583. The zero-order valence-electron chi connectivity index (χ0n) is 20.4. The third-order valence-electron chi connectivity index (χ3n) is 5.16. The zero-order valence-corrected chi connectivity index (χ0v) is 27.7. The van der Waals surface area contributed by atoms with Crippen LogP contribution in [0, 0.1) is 0 Å². The number of carbonyl (C=O) groups is 2. The van der Waals surface area contributed by atoms with Crippen LogP contribution in [0.25, 0.3) is 0 Å². The summed E-state index contributed by atoms with van der Waals surface area (Å²) in [7, 11) is 0. The molecule has 0 aliphatic carbocycles. The Labute approximate surface area is 248 Å². The van der Waals surface area contributed by atoms with Crippen molar-refractivity contribution in [2.75, 3.05) is 23.0 Å². The van der Waals surface area contributed by atoms with Crippen molar-refractivity contribution in [3.8, 4) is 0 Å². The lowest BCUT2D eigenvalue weighted by molar-refractivity contribution is -0.108. The first kappa shape index (κ1) is 30.9. The molecular formula is C24H32O2S9. The summed E-state index contributed by atoms with van der Waals surface area (Å²) >= 11 is 16.9. The Morgan fingerprint density at radius 2 is 1.26 bits per heavy atom. The first-order chi connectivity index (χ1) is 16.6. The predicted molar refractivity (Wildman–Crippen MR) is 175 cm³/mol. The van der Waals surface area contributed by atoms with Crippen LogP contribution in [0.5, 0.6) is 0 Å². The maximum Gasteiger partial charge on any atom is 0.214 e. The summed E-state index contributed by atoms with van der Waals surface area (Å²) in [4.78, 5) is 23.9. The summed E-state index contributed by atoms with van der Waals surface area (Å²) in [6.45, 7) is 15.5. The van der Waals surface area contributed by atoms with E-state index in [1.54, 1.807) is 13.8 Å². The van der Waals surface area contributed by atoms with Crippen molar-refractivity contribution in [2.24, 2.45) is 0 Å². The molecule has 0 amide bonds. The third kappa shape index (κ3) is 10.1. The van der Waals surface area contributed by atoms with Gasteiger partial charge in [0.25, 0.3) is 0 Å².